The number of benzene rings is 3. The minimum atomic E-state index is -1.24. The summed E-state index contributed by atoms with van der Waals surface area (Å²) in [5, 5.41) is 0. The molecule has 3 rings (SSSR count). The summed E-state index contributed by atoms with van der Waals surface area (Å²) in [4.78, 5) is 16.2. The quantitative estimate of drug-likeness (QED) is 0.381. The molecular weight excluding hydrogens is 392 g/mol. The second kappa shape index (κ2) is 10.1. The molecule has 0 amide bonds. The predicted octanol–water partition coefficient (Wildman–Crippen LogP) is 5.02. The SMILES string of the molecule is CCN(/C=C(/C(=O)c1ccc(S(=O)N(C)C)cc1)c1ccccc1)c1ccccc1. The van der Waals surface area contributed by atoms with Crippen LogP contribution in [0.2, 0.25) is 0 Å². The van der Waals surface area contributed by atoms with Crippen molar-refractivity contribution in [2.45, 2.75) is 11.8 Å². The predicted molar refractivity (Wildman–Crippen MR) is 125 cm³/mol. The molecule has 1 unspecified atom stereocenters. The average molecular weight is 419 g/mol. The Morgan fingerprint density at radius 2 is 1.40 bits per heavy atom. The molecule has 1 atom stereocenters. The van der Waals surface area contributed by atoms with Crippen LogP contribution in [0.4, 0.5) is 5.69 Å². The zero-order valence-corrected chi connectivity index (χ0v) is 18.3. The molecule has 0 spiro atoms. The third-order valence-corrected chi connectivity index (χ3v) is 6.03. The van der Waals surface area contributed by atoms with Crippen LogP contribution >= 0.6 is 0 Å². The molecule has 0 heterocycles. The summed E-state index contributed by atoms with van der Waals surface area (Å²) < 4.78 is 13.9. The number of anilines is 1. The molecule has 3 aromatic rings. The Balaban J connectivity index is 2.01. The van der Waals surface area contributed by atoms with Crippen LogP contribution in [0.25, 0.3) is 5.57 Å². The Hall–Kier alpha value is -3.02. The van der Waals surface area contributed by atoms with Crippen molar-refractivity contribution in [3.63, 3.8) is 0 Å². The van der Waals surface area contributed by atoms with E-state index in [0.29, 0.717) is 16.0 Å². The fraction of sp³-hybridized carbons (Fsp3) is 0.160. The molecule has 3 aromatic carbocycles. The smallest absolute Gasteiger partial charge is 0.195 e. The van der Waals surface area contributed by atoms with E-state index >= 15 is 0 Å². The summed E-state index contributed by atoms with van der Waals surface area (Å²) in [6, 6.07) is 26.7. The maximum absolute atomic E-state index is 13.5. The Bertz CT molecular complexity index is 1030. The van der Waals surface area contributed by atoms with Crippen molar-refractivity contribution in [2.75, 3.05) is 25.5 Å². The second-order valence-electron chi connectivity index (χ2n) is 6.95. The largest absolute Gasteiger partial charge is 0.347 e. The van der Waals surface area contributed by atoms with Gasteiger partial charge in [0.15, 0.2) is 5.78 Å². The highest BCUT2D eigenvalue weighted by Gasteiger charge is 2.17. The summed E-state index contributed by atoms with van der Waals surface area (Å²) >= 11 is 0. The molecule has 154 valence electrons. The molecule has 0 aliphatic carbocycles. The lowest BCUT2D eigenvalue weighted by Gasteiger charge is -2.20. The van der Waals surface area contributed by atoms with Crippen LogP contribution in [-0.2, 0) is 11.0 Å². The molecule has 0 aliphatic heterocycles. The Morgan fingerprint density at radius 3 is 1.93 bits per heavy atom. The minimum absolute atomic E-state index is 0.0715. The van der Waals surface area contributed by atoms with E-state index in [0.717, 1.165) is 17.8 Å². The summed E-state index contributed by atoms with van der Waals surface area (Å²) in [6.45, 7) is 2.79. The van der Waals surface area contributed by atoms with E-state index in [4.69, 9.17) is 0 Å². The van der Waals surface area contributed by atoms with Crippen LogP contribution < -0.4 is 4.90 Å². The van der Waals surface area contributed by atoms with E-state index in [1.807, 2.05) is 66.9 Å². The van der Waals surface area contributed by atoms with Gasteiger partial charge in [-0.1, -0.05) is 48.5 Å². The van der Waals surface area contributed by atoms with Crippen molar-refractivity contribution in [1.29, 1.82) is 0 Å². The lowest BCUT2D eigenvalue weighted by Crippen LogP contribution is -2.18. The molecule has 0 radical (unpaired) electrons. The Labute approximate surface area is 181 Å². The molecule has 30 heavy (non-hydrogen) atoms. The average Bonchev–Trinajstić information content (AvgIpc) is 2.80. The van der Waals surface area contributed by atoms with E-state index in [1.165, 1.54) is 0 Å². The van der Waals surface area contributed by atoms with Crippen LogP contribution in [0.5, 0.6) is 0 Å². The highest BCUT2D eigenvalue weighted by Crippen LogP contribution is 2.24. The van der Waals surface area contributed by atoms with Gasteiger partial charge in [-0.3, -0.25) is 4.79 Å². The van der Waals surface area contributed by atoms with Crippen LogP contribution in [0.15, 0.2) is 96.0 Å². The third kappa shape index (κ3) is 5.12. The number of carbonyl (C=O) groups is 1. The highest BCUT2D eigenvalue weighted by atomic mass is 32.2. The maximum Gasteiger partial charge on any atom is 0.195 e. The fourth-order valence-electron chi connectivity index (χ4n) is 3.09. The molecule has 0 aliphatic rings. The van der Waals surface area contributed by atoms with Crippen molar-refractivity contribution < 1.29 is 9.00 Å². The van der Waals surface area contributed by atoms with Gasteiger partial charge in [-0.15, -0.1) is 0 Å². The summed E-state index contributed by atoms with van der Waals surface area (Å²) in [7, 11) is 2.28. The topological polar surface area (TPSA) is 40.6 Å². The third-order valence-electron chi connectivity index (χ3n) is 4.69. The van der Waals surface area contributed by atoms with Gasteiger partial charge in [-0.2, -0.15) is 0 Å². The summed E-state index contributed by atoms with van der Waals surface area (Å²) in [6.07, 6.45) is 1.92. The molecule has 0 N–H and O–H groups in total. The van der Waals surface area contributed by atoms with E-state index in [2.05, 4.69) is 11.8 Å². The number of ketones is 1. The molecule has 0 fully saturated rings. The van der Waals surface area contributed by atoms with Crippen molar-refractivity contribution in [1.82, 2.24) is 4.31 Å². The first kappa shape index (κ1) is 21.7. The first-order valence-electron chi connectivity index (χ1n) is 9.84. The number of carbonyl (C=O) groups excluding carboxylic acids is 1. The van der Waals surface area contributed by atoms with Gasteiger partial charge in [0.2, 0.25) is 0 Å². The van der Waals surface area contributed by atoms with Crippen LogP contribution in [-0.4, -0.2) is 34.9 Å². The normalized spacial score (nSPS) is 12.6. The molecule has 0 bridgehead atoms. The number of Topliss-reactive ketones (excluding diaryl/α,β-unsaturated/α-hetero) is 1. The van der Waals surface area contributed by atoms with Gasteiger partial charge < -0.3 is 4.90 Å². The van der Waals surface area contributed by atoms with Gasteiger partial charge >= 0.3 is 0 Å². The number of allylic oxidation sites excluding steroid dienone is 1. The molecule has 0 aromatic heterocycles. The summed E-state index contributed by atoms with van der Waals surface area (Å²) in [5.74, 6) is -0.0715. The number of hydrogen-bond donors (Lipinski definition) is 0. The fourth-order valence-corrected chi connectivity index (χ4v) is 3.89. The van der Waals surface area contributed by atoms with E-state index in [9.17, 15) is 9.00 Å². The van der Waals surface area contributed by atoms with Gasteiger partial charge in [0.1, 0.15) is 11.0 Å². The minimum Gasteiger partial charge on any atom is -0.347 e. The van der Waals surface area contributed by atoms with Crippen molar-refractivity contribution in [3.05, 3.63) is 102 Å². The number of rotatable bonds is 8. The number of para-hydroxylation sites is 1. The Morgan fingerprint density at radius 1 is 0.833 bits per heavy atom. The van der Waals surface area contributed by atoms with Gasteiger partial charge in [-0.25, -0.2) is 8.51 Å². The van der Waals surface area contributed by atoms with Crippen molar-refractivity contribution >= 4 is 28.0 Å². The molecule has 0 saturated carbocycles. The number of nitrogens with zero attached hydrogens (tertiary/aromatic N) is 2. The van der Waals surface area contributed by atoms with Crippen LogP contribution in [0.1, 0.15) is 22.8 Å². The highest BCUT2D eigenvalue weighted by molar-refractivity contribution is 7.82. The van der Waals surface area contributed by atoms with E-state index < -0.39 is 11.0 Å². The number of hydrogen-bond acceptors (Lipinski definition) is 3. The standard InChI is InChI=1S/C25H26N2O2S/c1-4-27(22-13-9-6-10-14-22)19-24(20-11-7-5-8-12-20)25(28)21-15-17-23(18-16-21)30(29)26(2)3/h5-19H,4H2,1-3H3/b24-19+. The van der Waals surface area contributed by atoms with E-state index in [-0.39, 0.29) is 5.78 Å². The first-order valence-corrected chi connectivity index (χ1v) is 10.9. The van der Waals surface area contributed by atoms with Crippen LogP contribution in [0, 0.1) is 0 Å². The Kier molecular flexibility index (Phi) is 7.33. The van der Waals surface area contributed by atoms with Gasteiger partial charge in [0.25, 0.3) is 0 Å². The first-order chi connectivity index (χ1) is 14.5. The van der Waals surface area contributed by atoms with Crippen LogP contribution in [0.3, 0.4) is 0 Å². The molecular formula is C25H26N2O2S. The molecule has 5 heteroatoms. The monoisotopic (exact) mass is 418 g/mol. The molecule has 0 saturated heterocycles. The second-order valence-corrected chi connectivity index (χ2v) is 8.65. The lowest BCUT2D eigenvalue weighted by atomic mass is 9.97. The van der Waals surface area contributed by atoms with Gasteiger partial charge in [0, 0.05) is 29.6 Å². The molecule has 4 nitrogen and oxygen atoms in total. The van der Waals surface area contributed by atoms with E-state index in [1.54, 1.807) is 42.7 Å². The zero-order chi connectivity index (χ0) is 21.5. The van der Waals surface area contributed by atoms with Gasteiger partial charge in [-0.05, 0) is 63.0 Å². The zero-order valence-electron chi connectivity index (χ0n) is 17.5. The van der Waals surface area contributed by atoms with Crippen molar-refractivity contribution in [2.24, 2.45) is 0 Å². The maximum atomic E-state index is 13.5. The van der Waals surface area contributed by atoms with Crippen molar-refractivity contribution in [3.8, 4) is 0 Å². The summed E-state index contributed by atoms with van der Waals surface area (Å²) in [5.41, 5.74) is 3.06. The van der Waals surface area contributed by atoms with Gasteiger partial charge in [0.05, 0.1) is 4.90 Å². The lowest BCUT2D eigenvalue weighted by molar-refractivity contribution is 0.105.